The van der Waals surface area contributed by atoms with Crippen molar-refractivity contribution in [3.05, 3.63) is 63.7 Å². The van der Waals surface area contributed by atoms with E-state index in [0.29, 0.717) is 5.92 Å². The molecule has 1 atom stereocenters. The standard InChI is InChI=1S/C30H38/c1-20-24(17-21-9-6-5-7-10-21)19-28-27(20)18-23-11-8-12-26(23)29(28)22-13-15-25(16-14-22)30(2,3)4/h13-16,18-21H,5-12,17H2,1-4H3. The van der Waals surface area contributed by atoms with Crippen LogP contribution in [0.3, 0.4) is 0 Å². The van der Waals surface area contributed by atoms with Crippen molar-refractivity contribution in [2.75, 3.05) is 0 Å². The fraction of sp³-hybridized carbons (Fsp3) is 0.533. The molecule has 0 heterocycles. The molecule has 158 valence electrons. The molecule has 0 heteroatoms. The van der Waals surface area contributed by atoms with Gasteiger partial charge in [0.2, 0.25) is 0 Å². The molecular formula is C30H38. The van der Waals surface area contributed by atoms with Crippen LogP contribution in [0.2, 0.25) is 0 Å². The van der Waals surface area contributed by atoms with Crippen LogP contribution in [-0.4, -0.2) is 0 Å². The third kappa shape index (κ3) is 3.57. The summed E-state index contributed by atoms with van der Waals surface area (Å²) in [7, 11) is 0. The van der Waals surface area contributed by atoms with Crippen LogP contribution in [0.5, 0.6) is 0 Å². The van der Waals surface area contributed by atoms with Crippen molar-refractivity contribution in [3.8, 4) is 11.1 Å². The van der Waals surface area contributed by atoms with Crippen LogP contribution in [0.1, 0.15) is 106 Å². The average molecular weight is 399 g/mol. The van der Waals surface area contributed by atoms with Crippen molar-refractivity contribution in [3.63, 3.8) is 0 Å². The first-order valence-electron chi connectivity index (χ1n) is 12.4. The number of fused-ring (bicyclic) bond motifs is 2. The van der Waals surface area contributed by atoms with Crippen LogP contribution >= 0.6 is 0 Å². The lowest BCUT2D eigenvalue weighted by Crippen LogP contribution is -2.10. The second-order valence-electron chi connectivity index (χ2n) is 11.2. The Balaban J connectivity index is 1.56. The van der Waals surface area contributed by atoms with Crippen molar-refractivity contribution >= 4 is 6.08 Å². The van der Waals surface area contributed by atoms with E-state index in [1.165, 1.54) is 68.9 Å². The fourth-order valence-electron chi connectivity index (χ4n) is 6.24. The van der Waals surface area contributed by atoms with Crippen molar-refractivity contribution < 1.29 is 0 Å². The van der Waals surface area contributed by atoms with E-state index in [9.17, 15) is 0 Å². The first kappa shape index (κ1) is 20.1. The lowest BCUT2D eigenvalue weighted by atomic mass is 9.82. The highest BCUT2D eigenvalue weighted by Gasteiger charge is 2.30. The number of aryl methyl sites for hydroxylation is 1. The molecule has 5 rings (SSSR count). The van der Waals surface area contributed by atoms with Gasteiger partial charge in [0.05, 0.1) is 0 Å². The highest BCUT2D eigenvalue weighted by Crippen LogP contribution is 2.48. The minimum atomic E-state index is 0.209. The second-order valence-corrected chi connectivity index (χ2v) is 11.2. The van der Waals surface area contributed by atoms with Gasteiger partial charge in [-0.1, -0.05) is 102 Å². The Bertz CT molecular complexity index is 959. The summed E-state index contributed by atoms with van der Waals surface area (Å²) >= 11 is 0. The first-order chi connectivity index (χ1) is 14.4. The minimum absolute atomic E-state index is 0.209. The Kier molecular flexibility index (Phi) is 5.16. The van der Waals surface area contributed by atoms with Crippen molar-refractivity contribution in [1.82, 2.24) is 0 Å². The lowest BCUT2D eigenvalue weighted by Gasteiger charge is -2.24. The molecule has 0 bridgehead atoms. The van der Waals surface area contributed by atoms with E-state index in [1.54, 1.807) is 33.4 Å². The van der Waals surface area contributed by atoms with Gasteiger partial charge in [-0.3, -0.25) is 0 Å². The molecule has 1 fully saturated rings. The number of hydrogen-bond acceptors (Lipinski definition) is 0. The van der Waals surface area contributed by atoms with E-state index in [-0.39, 0.29) is 5.41 Å². The maximum Gasteiger partial charge on any atom is 0.00295 e. The molecule has 2 aromatic rings. The summed E-state index contributed by atoms with van der Waals surface area (Å²) in [5.41, 5.74) is 12.8. The third-order valence-electron chi connectivity index (χ3n) is 8.11. The molecule has 0 spiro atoms. The molecule has 0 aromatic heterocycles. The Morgan fingerprint density at radius 3 is 2.33 bits per heavy atom. The Morgan fingerprint density at radius 1 is 0.900 bits per heavy atom. The predicted molar refractivity (Wildman–Crippen MR) is 130 cm³/mol. The summed E-state index contributed by atoms with van der Waals surface area (Å²) in [5.74, 6) is 1.52. The molecule has 0 radical (unpaired) electrons. The van der Waals surface area contributed by atoms with Gasteiger partial charge in [0, 0.05) is 5.92 Å². The van der Waals surface area contributed by atoms with Gasteiger partial charge in [0.1, 0.15) is 0 Å². The Morgan fingerprint density at radius 2 is 1.63 bits per heavy atom. The van der Waals surface area contributed by atoms with Crippen LogP contribution < -0.4 is 0 Å². The van der Waals surface area contributed by atoms with Crippen LogP contribution in [0.15, 0.2) is 35.9 Å². The SMILES string of the molecule is CC1C(CC2CCCCC2)=Cc2c1cc1c(c2-c2ccc(C(C)(C)C)cc2)CCC1. The second kappa shape index (κ2) is 7.70. The topological polar surface area (TPSA) is 0 Å². The van der Waals surface area contributed by atoms with Crippen LogP contribution in [-0.2, 0) is 18.3 Å². The molecule has 1 unspecified atom stereocenters. The van der Waals surface area contributed by atoms with E-state index in [0.717, 1.165) is 5.92 Å². The summed E-state index contributed by atoms with van der Waals surface area (Å²) in [4.78, 5) is 0. The van der Waals surface area contributed by atoms with E-state index in [4.69, 9.17) is 0 Å². The third-order valence-corrected chi connectivity index (χ3v) is 8.11. The highest BCUT2D eigenvalue weighted by atomic mass is 14.3. The van der Waals surface area contributed by atoms with E-state index in [1.807, 2.05) is 0 Å². The lowest BCUT2D eigenvalue weighted by molar-refractivity contribution is 0.353. The van der Waals surface area contributed by atoms with Crippen molar-refractivity contribution in [2.45, 2.75) is 96.8 Å². The number of hydrogen-bond donors (Lipinski definition) is 0. The maximum atomic E-state index is 2.61. The summed E-state index contributed by atoms with van der Waals surface area (Å²) in [6.07, 6.45) is 15.0. The van der Waals surface area contributed by atoms with E-state index < -0.39 is 0 Å². The minimum Gasteiger partial charge on any atom is -0.0621 e. The van der Waals surface area contributed by atoms with Gasteiger partial charge in [0.25, 0.3) is 0 Å². The zero-order chi connectivity index (χ0) is 20.9. The molecule has 2 aromatic carbocycles. The molecule has 1 saturated carbocycles. The van der Waals surface area contributed by atoms with Gasteiger partial charge in [-0.25, -0.2) is 0 Å². The first-order valence-corrected chi connectivity index (χ1v) is 12.4. The van der Waals surface area contributed by atoms with E-state index in [2.05, 4.69) is 64.1 Å². The largest absolute Gasteiger partial charge is 0.0621 e. The summed E-state index contributed by atoms with van der Waals surface area (Å²) in [6.45, 7) is 9.39. The summed E-state index contributed by atoms with van der Waals surface area (Å²) in [6, 6.07) is 12.1. The van der Waals surface area contributed by atoms with E-state index >= 15 is 0 Å². The number of rotatable bonds is 3. The quantitative estimate of drug-likeness (QED) is 0.485. The highest BCUT2D eigenvalue weighted by molar-refractivity contribution is 5.85. The Hall–Kier alpha value is -1.82. The summed E-state index contributed by atoms with van der Waals surface area (Å²) in [5, 5.41) is 0. The fourth-order valence-corrected chi connectivity index (χ4v) is 6.24. The smallest absolute Gasteiger partial charge is 0.00295 e. The van der Waals surface area contributed by atoms with Crippen molar-refractivity contribution in [1.29, 1.82) is 0 Å². The average Bonchev–Trinajstić information content (AvgIpc) is 3.31. The van der Waals surface area contributed by atoms with Crippen LogP contribution in [0.25, 0.3) is 17.2 Å². The molecule has 0 saturated heterocycles. The number of allylic oxidation sites excluding steroid dienone is 1. The molecule has 0 amide bonds. The Labute approximate surface area is 183 Å². The molecule has 0 aliphatic heterocycles. The van der Waals surface area contributed by atoms with Gasteiger partial charge in [-0.15, -0.1) is 0 Å². The maximum absolute atomic E-state index is 2.61. The predicted octanol–water partition coefficient (Wildman–Crippen LogP) is 8.61. The van der Waals surface area contributed by atoms with Crippen LogP contribution in [0, 0.1) is 5.92 Å². The van der Waals surface area contributed by atoms with Gasteiger partial charge in [0.15, 0.2) is 0 Å². The van der Waals surface area contributed by atoms with Gasteiger partial charge >= 0.3 is 0 Å². The molecule has 0 nitrogen and oxygen atoms in total. The van der Waals surface area contributed by atoms with Gasteiger partial charge in [-0.2, -0.15) is 0 Å². The molecule has 30 heavy (non-hydrogen) atoms. The molecule has 3 aliphatic rings. The zero-order valence-electron chi connectivity index (χ0n) is 19.5. The van der Waals surface area contributed by atoms with Crippen LogP contribution in [0.4, 0.5) is 0 Å². The van der Waals surface area contributed by atoms with Gasteiger partial charge in [-0.05, 0) is 76.0 Å². The van der Waals surface area contributed by atoms with Gasteiger partial charge < -0.3 is 0 Å². The molecule has 3 aliphatic carbocycles. The monoisotopic (exact) mass is 398 g/mol. The normalized spacial score (nSPS) is 21.5. The molecule has 0 N–H and O–H groups in total. The zero-order valence-corrected chi connectivity index (χ0v) is 19.5. The number of benzene rings is 2. The molecular weight excluding hydrogens is 360 g/mol. The summed E-state index contributed by atoms with van der Waals surface area (Å²) < 4.78 is 0. The van der Waals surface area contributed by atoms with Crippen molar-refractivity contribution in [2.24, 2.45) is 5.92 Å².